The van der Waals surface area contributed by atoms with Crippen molar-refractivity contribution in [1.29, 1.82) is 0 Å². The van der Waals surface area contributed by atoms with Crippen LogP contribution in [0.25, 0.3) is 6.08 Å². The average molecular weight is 483 g/mol. The first-order chi connectivity index (χ1) is 15.2. The van der Waals surface area contributed by atoms with Gasteiger partial charge in [-0.1, -0.05) is 41.4 Å². The lowest BCUT2D eigenvalue weighted by Gasteiger charge is -2.16. The zero-order chi connectivity index (χ0) is 23.0. The van der Waals surface area contributed by atoms with Crippen molar-refractivity contribution in [3.8, 4) is 5.75 Å². The van der Waals surface area contributed by atoms with Crippen molar-refractivity contribution in [2.45, 2.75) is 20.8 Å². The second kappa shape index (κ2) is 9.02. The molecule has 1 aliphatic rings. The number of phenols is 1. The van der Waals surface area contributed by atoms with Crippen LogP contribution in [-0.2, 0) is 4.79 Å². The van der Waals surface area contributed by atoms with E-state index >= 15 is 0 Å². The number of aliphatic imine (C=N–C) groups is 1. The molecule has 1 fully saturated rings. The first-order valence-electron chi connectivity index (χ1n) is 9.87. The molecule has 4 rings (SSSR count). The summed E-state index contributed by atoms with van der Waals surface area (Å²) in [6.07, 6.45) is 1.80. The highest BCUT2D eigenvalue weighted by Gasteiger charge is 2.35. The Kier molecular flexibility index (Phi) is 6.33. The first kappa shape index (κ1) is 22.5. The molecule has 0 aliphatic carbocycles. The minimum Gasteiger partial charge on any atom is -0.508 e. The smallest absolute Gasteiger partial charge is 0.271 e. The van der Waals surface area contributed by atoms with Crippen LogP contribution in [0.3, 0.4) is 0 Å². The summed E-state index contributed by atoms with van der Waals surface area (Å²) >= 11 is 13.9. The van der Waals surface area contributed by atoms with Gasteiger partial charge in [0.2, 0.25) is 0 Å². The Hall–Kier alpha value is -2.73. The van der Waals surface area contributed by atoms with Crippen molar-refractivity contribution >= 4 is 63.5 Å². The van der Waals surface area contributed by atoms with E-state index in [2.05, 4.69) is 0 Å². The number of amidine groups is 1. The molecule has 1 heterocycles. The Bertz CT molecular complexity index is 1300. The highest BCUT2D eigenvalue weighted by molar-refractivity contribution is 8.19. The van der Waals surface area contributed by atoms with Gasteiger partial charge in [-0.25, -0.2) is 4.99 Å². The molecule has 0 radical (unpaired) electrons. The van der Waals surface area contributed by atoms with Gasteiger partial charge in [0.05, 0.1) is 16.3 Å². The molecule has 3 aromatic rings. The maximum atomic E-state index is 13.4. The van der Waals surface area contributed by atoms with Crippen LogP contribution in [0.5, 0.6) is 5.75 Å². The van der Waals surface area contributed by atoms with Gasteiger partial charge in [0.1, 0.15) is 5.75 Å². The summed E-state index contributed by atoms with van der Waals surface area (Å²) in [5, 5.41) is 11.5. The number of anilines is 1. The van der Waals surface area contributed by atoms with E-state index in [1.165, 1.54) is 11.8 Å². The molecule has 3 aromatic carbocycles. The summed E-state index contributed by atoms with van der Waals surface area (Å²) in [4.78, 5) is 20.2. The number of aryl methyl sites for hydroxylation is 3. The Morgan fingerprint density at radius 1 is 0.906 bits per heavy atom. The Morgan fingerprint density at radius 3 is 2.25 bits per heavy atom. The molecule has 0 atom stereocenters. The normalized spacial score (nSPS) is 16.4. The van der Waals surface area contributed by atoms with E-state index in [4.69, 9.17) is 28.2 Å². The number of benzene rings is 3. The topological polar surface area (TPSA) is 52.9 Å². The maximum Gasteiger partial charge on any atom is 0.271 e. The molecule has 162 valence electrons. The molecular weight excluding hydrogens is 463 g/mol. The molecule has 0 saturated carbocycles. The fraction of sp³-hybridized carbons (Fsp3) is 0.120. The number of carbonyl (C=O) groups excluding carboxylic acids is 1. The van der Waals surface area contributed by atoms with Crippen LogP contribution in [0.4, 0.5) is 11.4 Å². The van der Waals surface area contributed by atoms with Gasteiger partial charge < -0.3 is 5.11 Å². The number of halogens is 2. The molecule has 32 heavy (non-hydrogen) atoms. The molecule has 1 N–H and O–H groups in total. The molecule has 1 saturated heterocycles. The Labute approximate surface area is 201 Å². The Balaban J connectivity index is 1.81. The molecule has 1 aliphatic heterocycles. The summed E-state index contributed by atoms with van der Waals surface area (Å²) in [6, 6.07) is 16.2. The van der Waals surface area contributed by atoms with Crippen molar-refractivity contribution in [1.82, 2.24) is 0 Å². The lowest BCUT2D eigenvalue weighted by molar-refractivity contribution is -0.113. The standard InChI is InChI=1S/C25H20Cl2N2O2S/c1-14-4-7-18(12-20(14)26)28-25-29(19-8-5-15(2)21(27)13-19)24(31)23(32-25)11-17-6-9-22(30)16(3)10-17/h4-13,30H,1-3H3/b23-11+,28-25?. The lowest BCUT2D eigenvalue weighted by Crippen LogP contribution is -2.28. The number of nitrogens with zero attached hydrogens (tertiary/aromatic N) is 2. The van der Waals surface area contributed by atoms with Gasteiger partial charge in [0, 0.05) is 10.0 Å². The van der Waals surface area contributed by atoms with Crippen LogP contribution in [0, 0.1) is 20.8 Å². The molecule has 0 unspecified atom stereocenters. The van der Waals surface area contributed by atoms with Crippen molar-refractivity contribution in [2.24, 2.45) is 4.99 Å². The average Bonchev–Trinajstić information content (AvgIpc) is 3.04. The predicted molar refractivity (Wildman–Crippen MR) is 135 cm³/mol. The number of carbonyl (C=O) groups is 1. The summed E-state index contributed by atoms with van der Waals surface area (Å²) in [5.74, 6) is 0.0181. The third-order valence-electron chi connectivity index (χ3n) is 5.12. The molecular formula is C25H20Cl2N2O2S. The number of aromatic hydroxyl groups is 1. The van der Waals surface area contributed by atoms with E-state index in [0.717, 1.165) is 22.3 Å². The number of rotatable bonds is 3. The van der Waals surface area contributed by atoms with Crippen LogP contribution in [0.2, 0.25) is 10.0 Å². The molecule has 4 nitrogen and oxygen atoms in total. The number of amides is 1. The van der Waals surface area contributed by atoms with Crippen LogP contribution in [0.1, 0.15) is 22.3 Å². The zero-order valence-corrected chi connectivity index (χ0v) is 20.0. The van der Waals surface area contributed by atoms with Gasteiger partial charge in [-0.2, -0.15) is 0 Å². The predicted octanol–water partition coefficient (Wildman–Crippen LogP) is 7.43. The van der Waals surface area contributed by atoms with E-state index in [0.29, 0.717) is 31.5 Å². The molecule has 1 amide bonds. The van der Waals surface area contributed by atoms with E-state index in [1.807, 2.05) is 51.1 Å². The van der Waals surface area contributed by atoms with Crippen LogP contribution >= 0.6 is 35.0 Å². The quantitative estimate of drug-likeness (QED) is 0.394. The zero-order valence-electron chi connectivity index (χ0n) is 17.7. The van der Waals surface area contributed by atoms with E-state index in [9.17, 15) is 9.90 Å². The monoisotopic (exact) mass is 482 g/mol. The minimum absolute atomic E-state index is 0.197. The van der Waals surface area contributed by atoms with Crippen molar-refractivity contribution in [3.05, 3.63) is 91.8 Å². The Morgan fingerprint density at radius 2 is 1.59 bits per heavy atom. The van der Waals surface area contributed by atoms with Gasteiger partial charge in [-0.15, -0.1) is 0 Å². The maximum absolute atomic E-state index is 13.4. The second-order valence-electron chi connectivity index (χ2n) is 7.56. The van der Waals surface area contributed by atoms with Gasteiger partial charge in [-0.3, -0.25) is 9.69 Å². The summed E-state index contributed by atoms with van der Waals surface area (Å²) in [6.45, 7) is 5.65. The number of phenolic OH excluding ortho intramolecular Hbond substituents is 1. The third-order valence-corrected chi connectivity index (χ3v) is 6.90. The number of hydrogen-bond donors (Lipinski definition) is 1. The van der Waals surface area contributed by atoms with Gasteiger partial charge in [0.25, 0.3) is 5.91 Å². The van der Waals surface area contributed by atoms with Crippen molar-refractivity contribution < 1.29 is 9.90 Å². The number of thioether (sulfide) groups is 1. The molecule has 7 heteroatoms. The van der Waals surface area contributed by atoms with Crippen molar-refractivity contribution in [2.75, 3.05) is 4.90 Å². The van der Waals surface area contributed by atoms with E-state index in [1.54, 1.807) is 35.2 Å². The first-order valence-corrected chi connectivity index (χ1v) is 11.4. The summed E-state index contributed by atoms with van der Waals surface area (Å²) < 4.78 is 0. The van der Waals surface area contributed by atoms with Crippen LogP contribution < -0.4 is 4.90 Å². The van der Waals surface area contributed by atoms with Gasteiger partial charge >= 0.3 is 0 Å². The number of hydrogen-bond acceptors (Lipinski definition) is 4. The van der Waals surface area contributed by atoms with E-state index < -0.39 is 0 Å². The fourth-order valence-corrected chi connectivity index (χ4v) is 4.53. The SMILES string of the molecule is Cc1cc(/C=C2/SC(=Nc3ccc(C)c(Cl)c3)N(c3ccc(C)c(Cl)c3)C2=O)ccc1O. The highest BCUT2D eigenvalue weighted by atomic mass is 35.5. The largest absolute Gasteiger partial charge is 0.508 e. The van der Waals surface area contributed by atoms with Gasteiger partial charge in [-0.05, 0) is 97.3 Å². The lowest BCUT2D eigenvalue weighted by atomic mass is 10.1. The van der Waals surface area contributed by atoms with E-state index in [-0.39, 0.29) is 11.7 Å². The third kappa shape index (κ3) is 4.56. The van der Waals surface area contributed by atoms with Crippen LogP contribution in [0.15, 0.2) is 64.5 Å². The summed E-state index contributed by atoms with van der Waals surface area (Å²) in [7, 11) is 0. The molecule has 0 spiro atoms. The highest BCUT2D eigenvalue weighted by Crippen LogP contribution is 2.39. The van der Waals surface area contributed by atoms with Crippen molar-refractivity contribution in [3.63, 3.8) is 0 Å². The second-order valence-corrected chi connectivity index (χ2v) is 9.38. The molecule has 0 bridgehead atoms. The summed E-state index contributed by atoms with van der Waals surface area (Å²) in [5.41, 5.74) is 4.73. The molecule has 0 aromatic heterocycles. The minimum atomic E-state index is -0.197. The van der Waals surface area contributed by atoms with Crippen LogP contribution in [-0.4, -0.2) is 16.2 Å². The van der Waals surface area contributed by atoms with Gasteiger partial charge in [0.15, 0.2) is 5.17 Å². The fourth-order valence-electron chi connectivity index (χ4n) is 3.18.